The number of rotatable bonds is 0. The zero-order chi connectivity index (χ0) is 15.6. The predicted molar refractivity (Wildman–Crippen MR) is 84.3 cm³/mol. The number of aromatic hydroxyl groups is 1. The summed E-state index contributed by atoms with van der Waals surface area (Å²) in [5.41, 5.74) is 2.00. The van der Waals surface area contributed by atoms with Gasteiger partial charge in [-0.05, 0) is 45.5 Å². The molecule has 2 aliphatic heterocycles. The molecule has 1 aromatic carbocycles. The fourth-order valence-electron chi connectivity index (χ4n) is 4.84. The molecule has 0 bridgehead atoms. The summed E-state index contributed by atoms with van der Waals surface area (Å²) < 4.78 is 6.11. The van der Waals surface area contributed by atoms with Gasteiger partial charge in [0.05, 0.1) is 0 Å². The number of phenols is 1. The molecule has 3 aliphatic rings. The summed E-state index contributed by atoms with van der Waals surface area (Å²) in [5.74, 6) is 1.04. The summed E-state index contributed by atoms with van der Waals surface area (Å²) in [7, 11) is 2.15. The molecular formula is C18H23NO3. The first-order chi connectivity index (χ1) is 10.5. The minimum absolute atomic E-state index is 0.182. The second-order valence-electron chi connectivity index (χ2n) is 7.06. The number of benzene rings is 1. The number of piperidine rings is 1. The third-order valence-corrected chi connectivity index (χ3v) is 6.08. The molecule has 2 N–H and O–H groups in total. The van der Waals surface area contributed by atoms with Crippen molar-refractivity contribution < 1.29 is 14.9 Å². The van der Waals surface area contributed by atoms with E-state index < -0.39 is 6.10 Å². The standard InChI is InChI=1S/C18H23NO3/c1-10-4-6-13(20)16-15(10)18-8-9-19(3)11(2)12(18)5-7-14(21)17(18)22-16/h4-7,11-12,14,17,20-21H,8-9H2,1-3H3/t11-,12+,14+,17+,18+/m1/s1. The van der Waals surface area contributed by atoms with Crippen molar-refractivity contribution in [3.05, 3.63) is 35.4 Å². The number of aliphatic hydroxyl groups is 1. The van der Waals surface area contributed by atoms with Gasteiger partial charge < -0.3 is 19.8 Å². The summed E-state index contributed by atoms with van der Waals surface area (Å²) in [6, 6.07) is 4.02. The molecule has 1 saturated heterocycles. The second-order valence-corrected chi connectivity index (χ2v) is 7.06. The average Bonchev–Trinajstić information content (AvgIpc) is 2.85. The van der Waals surface area contributed by atoms with Crippen LogP contribution in [0.3, 0.4) is 0 Å². The minimum Gasteiger partial charge on any atom is -0.504 e. The number of phenolic OH excluding ortho intramolecular Hbond substituents is 1. The third kappa shape index (κ3) is 1.54. The monoisotopic (exact) mass is 301 g/mol. The van der Waals surface area contributed by atoms with Crippen LogP contribution in [0.5, 0.6) is 11.5 Å². The van der Waals surface area contributed by atoms with Crippen LogP contribution in [-0.4, -0.2) is 47.0 Å². The lowest BCUT2D eigenvalue weighted by Crippen LogP contribution is -2.61. The molecule has 22 heavy (non-hydrogen) atoms. The Bertz CT molecular complexity index is 656. The van der Waals surface area contributed by atoms with E-state index in [0.717, 1.165) is 24.1 Å². The van der Waals surface area contributed by atoms with Crippen molar-refractivity contribution in [2.75, 3.05) is 13.6 Å². The largest absolute Gasteiger partial charge is 0.504 e. The zero-order valence-corrected chi connectivity index (χ0v) is 13.3. The second kappa shape index (κ2) is 4.49. The zero-order valence-electron chi connectivity index (χ0n) is 13.3. The number of aliphatic hydroxyl groups excluding tert-OH is 1. The van der Waals surface area contributed by atoms with Crippen LogP contribution < -0.4 is 4.74 Å². The lowest BCUT2D eigenvalue weighted by Gasteiger charge is -2.52. The van der Waals surface area contributed by atoms with Gasteiger partial charge in [0, 0.05) is 22.9 Å². The molecule has 1 fully saturated rings. The number of likely N-dealkylation sites (tertiary alicyclic amines) is 1. The predicted octanol–water partition coefficient (Wildman–Crippen LogP) is 1.97. The summed E-state index contributed by atoms with van der Waals surface area (Å²) in [6.07, 6.45) is 4.02. The molecule has 4 rings (SSSR count). The first-order valence-electron chi connectivity index (χ1n) is 8.03. The normalized spacial score (nSPS) is 39.8. The van der Waals surface area contributed by atoms with Crippen molar-refractivity contribution in [2.24, 2.45) is 5.92 Å². The van der Waals surface area contributed by atoms with Crippen molar-refractivity contribution in [1.29, 1.82) is 0 Å². The van der Waals surface area contributed by atoms with E-state index in [1.165, 1.54) is 0 Å². The van der Waals surface area contributed by atoms with Gasteiger partial charge >= 0.3 is 0 Å². The number of aryl methyl sites for hydroxylation is 1. The highest BCUT2D eigenvalue weighted by molar-refractivity contribution is 5.59. The quantitative estimate of drug-likeness (QED) is 0.719. The summed E-state index contributed by atoms with van der Waals surface area (Å²) in [6.45, 7) is 5.27. The van der Waals surface area contributed by atoms with Gasteiger partial charge in [-0.25, -0.2) is 0 Å². The van der Waals surface area contributed by atoms with Crippen LogP contribution in [0.2, 0.25) is 0 Å². The molecule has 0 aromatic heterocycles. The van der Waals surface area contributed by atoms with E-state index in [1.807, 2.05) is 12.1 Å². The molecule has 118 valence electrons. The minimum atomic E-state index is -0.627. The van der Waals surface area contributed by atoms with Gasteiger partial charge in [0.1, 0.15) is 12.2 Å². The van der Waals surface area contributed by atoms with Gasteiger partial charge in [0.2, 0.25) is 0 Å². The van der Waals surface area contributed by atoms with E-state index in [2.05, 4.69) is 31.9 Å². The fourth-order valence-corrected chi connectivity index (χ4v) is 4.84. The third-order valence-electron chi connectivity index (χ3n) is 6.08. The topological polar surface area (TPSA) is 52.9 Å². The first-order valence-corrected chi connectivity index (χ1v) is 8.03. The maximum atomic E-state index is 10.5. The van der Waals surface area contributed by atoms with E-state index in [4.69, 9.17) is 4.74 Å². The fraction of sp³-hybridized carbons (Fsp3) is 0.556. The van der Waals surface area contributed by atoms with Gasteiger partial charge in [-0.2, -0.15) is 0 Å². The molecule has 0 saturated carbocycles. The SMILES string of the molecule is Cc1ccc(O)c2c1[C@]13CCN(C)[C@H](C)[C@@H]1C=C[C@H](O)[C@@H]3O2. The Balaban J connectivity index is 1.97. The highest BCUT2D eigenvalue weighted by atomic mass is 16.5. The van der Waals surface area contributed by atoms with E-state index in [1.54, 1.807) is 6.07 Å². The van der Waals surface area contributed by atoms with E-state index in [0.29, 0.717) is 11.8 Å². The molecule has 0 radical (unpaired) electrons. The smallest absolute Gasteiger partial charge is 0.165 e. The number of hydrogen-bond acceptors (Lipinski definition) is 4. The Labute approximate surface area is 131 Å². The maximum absolute atomic E-state index is 10.5. The van der Waals surface area contributed by atoms with Crippen LogP contribution in [0.25, 0.3) is 0 Å². The Morgan fingerprint density at radius 2 is 2.09 bits per heavy atom. The number of nitrogens with zero attached hydrogens (tertiary/aromatic N) is 1. The Morgan fingerprint density at radius 3 is 2.86 bits per heavy atom. The number of fused-ring (bicyclic) bond motifs is 1. The molecule has 2 heterocycles. The molecule has 4 nitrogen and oxygen atoms in total. The summed E-state index contributed by atoms with van der Waals surface area (Å²) in [5, 5.41) is 20.8. The molecular weight excluding hydrogens is 278 g/mol. The summed E-state index contributed by atoms with van der Waals surface area (Å²) in [4.78, 5) is 2.37. The van der Waals surface area contributed by atoms with Crippen molar-refractivity contribution in [2.45, 2.75) is 43.9 Å². The van der Waals surface area contributed by atoms with Crippen LogP contribution in [-0.2, 0) is 5.41 Å². The van der Waals surface area contributed by atoms with Crippen LogP contribution in [0.4, 0.5) is 0 Å². The van der Waals surface area contributed by atoms with Gasteiger partial charge in [-0.3, -0.25) is 0 Å². The lowest BCUT2D eigenvalue weighted by molar-refractivity contribution is -0.0369. The van der Waals surface area contributed by atoms with Crippen molar-refractivity contribution in [1.82, 2.24) is 4.90 Å². The highest BCUT2D eigenvalue weighted by Gasteiger charge is 2.61. The molecule has 1 spiro atoms. The Kier molecular flexibility index (Phi) is 2.88. The van der Waals surface area contributed by atoms with Gasteiger partial charge in [-0.15, -0.1) is 0 Å². The van der Waals surface area contributed by atoms with E-state index in [-0.39, 0.29) is 23.2 Å². The van der Waals surface area contributed by atoms with Crippen LogP contribution in [0, 0.1) is 12.8 Å². The molecule has 4 heteroatoms. The Morgan fingerprint density at radius 1 is 1.32 bits per heavy atom. The summed E-state index contributed by atoms with van der Waals surface area (Å²) >= 11 is 0. The Hall–Kier alpha value is -1.52. The van der Waals surface area contributed by atoms with Crippen LogP contribution in [0.1, 0.15) is 24.5 Å². The molecule has 0 amide bonds. The average molecular weight is 301 g/mol. The van der Waals surface area contributed by atoms with E-state index >= 15 is 0 Å². The molecule has 1 aromatic rings. The van der Waals surface area contributed by atoms with Crippen LogP contribution >= 0.6 is 0 Å². The van der Waals surface area contributed by atoms with Crippen molar-refractivity contribution in [3.63, 3.8) is 0 Å². The van der Waals surface area contributed by atoms with Crippen molar-refractivity contribution in [3.8, 4) is 11.5 Å². The van der Waals surface area contributed by atoms with Gasteiger partial charge in [-0.1, -0.05) is 18.2 Å². The first kappa shape index (κ1) is 14.1. The lowest BCUT2D eigenvalue weighted by atomic mass is 9.57. The van der Waals surface area contributed by atoms with E-state index in [9.17, 15) is 10.2 Å². The molecule has 5 atom stereocenters. The molecule has 1 aliphatic carbocycles. The molecule has 0 unspecified atom stereocenters. The highest BCUT2D eigenvalue weighted by Crippen LogP contribution is 2.59. The number of hydrogen-bond donors (Lipinski definition) is 2. The number of ether oxygens (including phenoxy) is 1. The van der Waals surface area contributed by atoms with Gasteiger partial charge in [0.25, 0.3) is 0 Å². The van der Waals surface area contributed by atoms with Crippen molar-refractivity contribution >= 4 is 0 Å². The van der Waals surface area contributed by atoms with Crippen LogP contribution in [0.15, 0.2) is 24.3 Å². The van der Waals surface area contributed by atoms with Gasteiger partial charge in [0.15, 0.2) is 11.5 Å². The maximum Gasteiger partial charge on any atom is 0.165 e.